The first-order valence-corrected chi connectivity index (χ1v) is 6.62. The molecule has 1 aromatic heterocycles. The summed E-state index contributed by atoms with van der Waals surface area (Å²) >= 11 is 0. The summed E-state index contributed by atoms with van der Waals surface area (Å²) in [5, 5.41) is 3.43. The van der Waals surface area contributed by atoms with Gasteiger partial charge in [0.15, 0.2) is 0 Å². The SMILES string of the molecule is CCCNCCCCN(C)Cc1ccccn1. The normalized spacial score (nSPS) is 11.0. The molecule has 1 rings (SSSR count). The average Bonchev–Trinajstić information content (AvgIpc) is 2.35. The van der Waals surface area contributed by atoms with Gasteiger partial charge in [-0.25, -0.2) is 0 Å². The molecule has 0 saturated heterocycles. The lowest BCUT2D eigenvalue weighted by molar-refractivity contribution is 0.314. The molecule has 0 atom stereocenters. The molecule has 0 aliphatic heterocycles. The molecule has 3 heteroatoms. The van der Waals surface area contributed by atoms with Crippen molar-refractivity contribution >= 4 is 0 Å². The average molecular weight is 235 g/mol. The highest BCUT2D eigenvalue weighted by atomic mass is 15.1. The lowest BCUT2D eigenvalue weighted by atomic mass is 10.2. The van der Waals surface area contributed by atoms with Gasteiger partial charge in [-0.2, -0.15) is 0 Å². The van der Waals surface area contributed by atoms with Crippen molar-refractivity contribution in [3.8, 4) is 0 Å². The van der Waals surface area contributed by atoms with Crippen LogP contribution in [-0.4, -0.2) is 36.6 Å². The molecule has 3 nitrogen and oxygen atoms in total. The fourth-order valence-corrected chi connectivity index (χ4v) is 1.78. The van der Waals surface area contributed by atoms with Crippen LogP contribution >= 0.6 is 0 Å². The zero-order chi connectivity index (χ0) is 12.3. The fraction of sp³-hybridized carbons (Fsp3) is 0.643. The highest BCUT2D eigenvalue weighted by Gasteiger charge is 2.00. The lowest BCUT2D eigenvalue weighted by Gasteiger charge is -2.15. The monoisotopic (exact) mass is 235 g/mol. The summed E-state index contributed by atoms with van der Waals surface area (Å²) in [6, 6.07) is 6.09. The van der Waals surface area contributed by atoms with E-state index in [9.17, 15) is 0 Å². The van der Waals surface area contributed by atoms with Crippen LogP contribution in [0.5, 0.6) is 0 Å². The molecule has 0 aliphatic rings. The number of rotatable bonds is 9. The Balaban J connectivity index is 2.03. The van der Waals surface area contributed by atoms with Gasteiger partial charge in [0, 0.05) is 12.7 Å². The first-order valence-electron chi connectivity index (χ1n) is 6.62. The molecular formula is C14H25N3. The largest absolute Gasteiger partial charge is 0.317 e. The van der Waals surface area contributed by atoms with Crippen LogP contribution in [0.2, 0.25) is 0 Å². The van der Waals surface area contributed by atoms with Crippen LogP contribution in [0.1, 0.15) is 31.9 Å². The summed E-state index contributed by atoms with van der Waals surface area (Å²) in [5.74, 6) is 0. The van der Waals surface area contributed by atoms with Crippen molar-refractivity contribution in [3.63, 3.8) is 0 Å². The Morgan fingerprint density at radius 1 is 1.24 bits per heavy atom. The van der Waals surface area contributed by atoms with E-state index in [4.69, 9.17) is 0 Å². The summed E-state index contributed by atoms with van der Waals surface area (Å²) in [5.41, 5.74) is 1.15. The molecule has 0 radical (unpaired) electrons. The van der Waals surface area contributed by atoms with Gasteiger partial charge in [0.2, 0.25) is 0 Å². The van der Waals surface area contributed by atoms with Gasteiger partial charge in [-0.15, -0.1) is 0 Å². The second kappa shape index (κ2) is 9.14. The van der Waals surface area contributed by atoms with Gasteiger partial charge in [0.1, 0.15) is 0 Å². The van der Waals surface area contributed by atoms with E-state index in [1.807, 2.05) is 18.3 Å². The van der Waals surface area contributed by atoms with Crippen molar-refractivity contribution in [1.82, 2.24) is 15.2 Å². The third-order valence-electron chi connectivity index (χ3n) is 2.73. The third kappa shape index (κ3) is 7.08. The van der Waals surface area contributed by atoms with E-state index < -0.39 is 0 Å². The summed E-state index contributed by atoms with van der Waals surface area (Å²) in [6.07, 6.45) is 5.59. The van der Waals surface area contributed by atoms with Crippen molar-refractivity contribution in [2.45, 2.75) is 32.7 Å². The summed E-state index contributed by atoms with van der Waals surface area (Å²) < 4.78 is 0. The molecule has 1 aromatic rings. The van der Waals surface area contributed by atoms with Gasteiger partial charge in [0.05, 0.1) is 5.69 Å². The summed E-state index contributed by atoms with van der Waals surface area (Å²) in [4.78, 5) is 6.67. The van der Waals surface area contributed by atoms with E-state index in [2.05, 4.69) is 35.2 Å². The molecule has 0 fully saturated rings. The van der Waals surface area contributed by atoms with Gasteiger partial charge in [-0.1, -0.05) is 13.0 Å². The molecule has 0 spiro atoms. The van der Waals surface area contributed by atoms with Gasteiger partial charge in [-0.3, -0.25) is 4.98 Å². The Kier molecular flexibility index (Phi) is 7.60. The Morgan fingerprint density at radius 2 is 2.12 bits per heavy atom. The van der Waals surface area contributed by atoms with Gasteiger partial charge >= 0.3 is 0 Å². The maximum atomic E-state index is 4.33. The number of nitrogens with zero attached hydrogens (tertiary/aromatic N) is 2. The molecule has 0 bridgehead atoms. The van der Waals surface area contributed by atoms with Crippen LogP contribution in [0.15, 0.2) is 24.4 Å². The Bertz CT molecular complexity index is 274. The van der Waals surface area contributed by atoms with Crippen molar-refractivity contribution in [1.29, 1.82) is 0 Å². The molecule has 96 valence electrons. The van der Waals surface area contributed by atoms with Crippen molar-refractivity contribution in [3.05, 3.63) is 30.1 Å². The number of hydrogen-bond donors (Lipinski definition) is 1. The molecule has 0 saturated carbocycles. The molecule has 1 N–H and O–H groups in total. The van der Waals surface area contributed by atoms with E-state index in [0.29, 0.717) is 0 Å². The number of aromatic nitrogens is 1. The molecule has 0 unspecified atom stereocenters. The van der Waals surface area contributed by atoms with Crippen LogP contribution < -0.4 is 5.32 Å². The van der Waals surface area contributed by atoms with Crippen molar-refractivity contribution < 1.29 is 0 Å². The van der Waals surface area contributed by atoms with E-state index in [1.165, 1.54) is 19.3 Å². The summed E-state index contributed by atoms with van der Waals surface area (Å²) in [7, 11) is 2.16. The molecular weight excluding hydrogens is 210 g/mol. The lowest BCUT2D eigenvalue weighted by Crippen LogP contribution is -2.21. The van der Waals surface area contributed by atoms with Crippen LogP contribution in [0.3, 0.4) is 0 Å². The predicted molar refractivity (Wildman–Crippen MR) is 73.0 cm³/mol. The first-order chi connectivity index (χ1) is 8.33. The minimum atomic E-state index is 0.948. The smallest absolute Gasteiger partial charge is 0.0543 e. The highest BCUT2D eigenvalue weighted by Crippen LogP contribution is 2.00. The Morgan fingerprint density at radius 3 is 2.82 bits per heavy atom. The first kappa shape index (κ1) is 14.1. The zero-order valence-electron chi connectivity index (χ0n) is 11.2. The van der Waals surface area contributed by atoms with Gasteiger partial charge in [0.25, 0.3) is 0 Å². The number of nitrogens with one attached hydrogen (secondary N) is 1. The predicted octanol–water partition coefficient (Wildman–Crippen LogP) is 2.29. The molecule has 0 aliphatic carbocycles. The van der Waals surface area contributed by atoms with E-state index >= 15 is 0 Å². The van der Waals surface area contributed by atoms with Crippen LogP contribution in [0, 0.1) is 0 Å². The van der Waals surface area contributed by atoms with E-state index in [-0.39, 0.29) is 0 Å². The molecule has 17 heavy (non-hydrogen) atoms. The maximum absolute atomic E-state index is 4.33. The highest BCUT2D eigenvalue weighted by molar-refractivity contribution is 5.02. The van der Waals surface area contributed by atoms with E-state index in [1.54, 1.807) is 0 Å². The van der Waals surface area contributed by atoms with Crippen molar-refractivity contribution in [2.24, 2.45) is 0 Å². The standard InChI is InChI=1S/C14H25N3/c1-3-9-15-10-6-7-12-17(2)13-14-8-4-5-11-16-14/h4-5,8,11,15H,3,6-7,9-10,12-13H2,1-2H3. The van der Waals surface area contributed by atoms with Crippen LogP contribution in [0.25, 0.3) is 0 Å². The molecule has 0 aromatic carbocycles. The molecule has 0 amide bonds. The maximum Gasteiger partial charge on any atom is 0.0543 e. The van der Waals surface area contributed by atoms with Crippen LogP contribution in [-0.2, 0) is 6.54 Å². The Hall–Kier alpha value is -0.930. The second-order valence-corrected chi connectivity index (χ2v) is 4.52. The zero-order valence-corrected chi connectivity index (χ0v) is 11.2. The minimum Gasteiger partial charge on any atom is -0.317 e. The van der Waals surface area contributed by atoms with Crippen LogP contribution in [0.4, 0.5) is 0 Å². The quantitative estimate of drug-likeness (QED) is 0.666. The third-order valence-corrected chi connectivity index (χ3v) is 2.73. The topological polar surface area (TPSA) is 28.2 Å². The number of hydrogen-bond acceptors (Lipinski definition) is 3. The van der Waals surface area contributed by atoms with Gasteiger partial charge in [-0.05, 0) is 58.1 Å². The van der Waals surface area contributed by atoms with Gasteiger partial charge < -0.3 is 10.2 Å². The number of unbranched alkanes of at least 4 members (excludes halogenated alkanes) is 1. The summed E-state index contributed by atoms with van der Waals surface area (Å²) in [6.45, 7) is 6.58. The van der Waals surface area contributed by atoms with Crippen molar-refractivity contribution in [2.75, 3.05) is 26.7 Å². The fourth-order valence-electron chi connectivity index (χ4n) is 1.78. The van der Waals surface area contributed by atoms with E-state index in [0.717, 1.165) is 31.9 Å². The minimum absolute atomic E-state index is 0.948. The Labute approximate surface area is 105 Å². The number of pyridine rings is 1. The molecule has 1 heterocycles. The second-order valence-electron chi connectivity index (χ2n) is 4.52.